The van der Waals surface area contributed by atoms with Crippen LogP contribution in [-0.4, -0.2) is 46.0 Å². The van der Waals surface area contributed by atoms with Gasteiger partial charge in [0.25, 0.3) is 0 Å². The van der Waals surface area contributed by atoms with Crippen LogP contribution >= 0.6 is 0 Å². The number of imidazole rings is 1. The molecule has 0 spiro atoms. The van der Waals surface area contributed by atoms with E-state index in [1.54, 1.807) is 30.6 Å². The van der Waals surface area contributed by atoms with Crippen molar-refractivity contribution in [2.24, 2.45) is 10.7 Å². The summed E-state index contributed by atoms with van der Waals surface area (Å²) >= 11 is 0. The highest BCUT2D eigenvalue weighted by atomic mass is 16.3. The first-order valence-electron chi connectivity index (χ1n) is 11.3. The van der Waals surface area contributed by atoms with Crippen molar-refractivity contribution in [1.82, 2.24) is 20.3 Å². The summed E-state index contributed by atoms with van der Waals surface area (Å²) in [5.41, 5.74) is 9.91. The number of nitrogens with zero attached hydrogens (tertiary/aromatic N) is 3. The fourth-order valence-electron chi connectivity index (χ4n) is 3.24. The molecule has 6 N–H and O–H groups in total. The number of phenols is 1. The number of nitrogens with one attached hydrogen (secondary N) is 3. The fraction of sp³-hybridized carbons (Fsp3) is 0.222. The molecule has 0 atom stereocenters. The van der Waals surface area contributed by atoms with Crippen molar-refractivity contribution in [2.75, 3.05) is 25.5 Å². The van der Waals surface area contributed by atoms with Gasteiger partial charge in [-0.25, -0.2) is 9.97 Å². The number of amidine groups is 1. The number of aryl methyl sites for hydroxylation is 2. The first kappa shape index (κ1) is 27.1. The SMILES string of the molecule is C=Cc1ccc(NCCN=C(C)N/C=C(\C(=C)c2ccc(O)cc2C)c2ncc(C)[nH]2)nc1.CN. The number of aromatic hydroxyl groups is 1. The Hall–Kier alpha value is -4.17. The Bertz CT molecular complexity index is 1190. The number of pyridine rings is 1. The molecule has 0 unspecified atom stereocenters. The van der Waals surface area contributed by atoms with Crippen LogP contribution in [0, 0.1) is 13.8 Å². The number of phenolic OH excluding ortho intramolecular Hbond substituents is 1. The van der Waals surface area contributed by atoms with Gasteiger partial charge in [0.05, 0.1) is 12.4 Å². The number of aromatic nitrogens is 3. The van der Waals surface area contributed by atoms with Crippen LogP contribution in [0.2, 0.25) is 0 Å². The van der Waals surface area contributed by atoms with Gasteiger partial charge < -0.3 is 26.5 Å². The minimum Gasteiger partial charge on any atom is -0.508 e. The summed E-state index contributed by atoms with van der Waals surface area (Å²) in [6, 6.07) is 9.12. The highest BCUT2D eigenvalue weighted by Crippen LogP contribution is 2.31. The molecule has 2 aromatic heterocycles. The van der Waals surface area contributed by atoms with Gasteiger partial charge in [0.1, 0.15) is 17.4 Å². The third-order valence-electron chi connectivity index (χ3n) is 5.03. The Kier molecular flexibility index (Phi) is 10.5. The van der Waals surface area contributed by atoms with Gasteiger partial charge >= 0.3 is 0 Å². The molecular weight excluding hydrogens is 438 g/mol. The molecule has 0 fully saturated rings. The molecule has 1 aromatic carbocycles. The lowest BCUT2D eigenvalue weighted by molar-refractivity contribution is 0.475. The lowest BCUT2D eigenvalue weighted by Gasteiger charge is -2.13. The molecule has 8 heteroatoms. The predicted molar refractivity (Wildman–Crippen MR) is 147 cm³/mol. The number of hydrogen-bond acceptors (Lipinski definition) is 6. The molecule has 2 heterocycles. The van der Waals surface area contributed by atoms with Crippen molar-refractivity contribution in [3.05, 3.63) is 90.3 Å². The van der Waals surface area contributed by atoms with Crippen LogP contribution in [0.15, 0.2) is 67.1 Å². The second-order valence-corrected chi connectivity index (χ2v) is 7.67. The van der Waals surface area contributed by atoms with Gasteiger partial charge in [0.15, 0.2) is 0 Å². The molecule has 8 nitrogen and oxygen atoms in total. The van der Waals surface area contributed by atoms with Crippen LogP contribution in [0.25, 0.3) is 17.2 Å². The van der Waals surface area contributed by atoms with Gasteiger partial charge in [-0.05, 0) is 74.3 Å². The van der Waals surface area contributed by atoms with Gasteiger partial charge in [-0.2, -0.15) is 0 Å². The van der Waals surface area contributed by atoms with Crippen LogP contribution < -0.4 is 16.4 Å². The maximum Gasteiger partial charge on any atom is 0.139 e. The van der Waals surface area contributed by atoms with E-state index in [1.165, 1.54) is 7.05 Å². The van der Waals surface area contributed by atoms with Gasteiger partial charge in [0, 0.05) is 36.4 Å². The van der Waals surface area contributed by atoms with E-state index in [0.717, 1.165) is 45.2 Å². The summed E-state index contributed by atoms with van der Waals surface area (Å²) in [6.45, 7) is 15.1. The second-order valence-electron chi connectivity index (χ2n) is 7.67. The van der Waals surface area contributed by atoms with Crippen LogP contribution in [0.4, 0.5) is 5.82 Å². The standard InChI is InChI=1S/C26H30N6O.CH5N/c1-6-21-7-10-25(30-15-21)28-12-11-27-20(5)29-16-24(26-31-14-18(3)32-26)19(4)23-9-8-22(33)13-17(23)2;1-2/h6-10,13-16,33H,1,4,11-12H2,2-3,5H3,(H,27,29)(H,28,30)(H,31,32);2H2,1H3/b24-16+;. The maximum atomic E-state index is 9.75. The third-order valence-corrected chi connectivity index (χ3v) is 5.03. The fourth-order valence-corrected chi connectivity index (χ4v) is 3.24. The molecule has 0 aliphatic carbocycles. The quantitative estimate of drug-likeness (QED) is 0.135. The molecule has 3 aromatic rings. The lowest BCUT2D eigenvalue weighted by Crippen LogP contribution is -2.16. The van der Waals surface area contributed by atoms with Crippen molar-refractivity contribution >= 4 is 28.9 Å². The number of nitrogens with two attached hydrogens (primary N) is 1. The number of allylic oxidation sites excluding steroid dienone is 2. The number of benzene rings is 1. The minimum atomic E-state index is 0.227. The lowest BCUT2D eigenvalue weighted by atomic mass is 9.95. The Morgan fingerprint density at radius 3 is 2.54 bits per heavy atom. The predicted octanol–water partition coefficient (Wildman–Crippen LogP) is 4.52. The van der Waals surface area contributed by atoms with Crippen molar-refractivity contribution in [2.45, 2.75) is 20.8 Å². The van der Waals surface area contributed by atoms with Crippen molar-refractivity contribution in [3.8, 4) is 5.75 Å². The van der Waals surface area contributed by atoms with Crippen LogP contribution in [0.5, 0.6) is 5.75 Å². The minimum absolute atomic E-state index is 0.227. The van der Waals surface area contributed by atoms with E-state index in [4.69, 9.17) is 0 Å². The molecule has 0 aliphatic rings. The number of aliphatic imine (C=N–C) groups is 1. The molecular formula is C27H35N7O. The number of H-pyrrole nitrogens is 1. The first-order chi connectivity index (χ1) is 16.9. The molecule has 0 aliphatic heterocycles. The van der Waals surface area contributed by atoms with Crippen molar-refractivity contribution < 1.29 is 5.11 Å². The Balaban J connectivity index is 0.00000210. The summed E-state index contributed by atoms with van der Waals surface area (Å²) in [7, 11) is 1.50. The van der Waals surface area contributed by atoms with E-state index in [9.17, 15) is 5.11 Å². The summed E-state index contributed by atoms with van der Waals surface area (Å²) in [4.78, 5) is 16.6. The number of aromatic amines is 1. The highest BCUT2D eigenvalue weighted by Gasteiger charge is 2.14. The summed E-state index contributed by atoms with van der Waals surface area (Å²) in [5.74, 6) is 2.51. The first-order valence-corrected chi connectivity index (χ1v) is 11.3. The van der Waals surface area contributed by atoms with Crippen LogP contribution in [0.1, 0.15) is 35.1 Å². The Labute approximate surface area is 207 Å². The summed E-state index contributed by atoms with van der Waals surface area (Å²) < 4.78 is 0. The topological polar surface area (TPSA) is 124 Å². The summed E-state index contributed by atoms with van der Waals surface area (Å²) in [6.07, 6.45) is 7.17. The molecule has 3 rings (SSSR count). The van der Waals surface area contributed by atoms with Gasteiger partial charge in [-0.1, -0.05) is 25.3 Å². The zero-order valence-corrected chi connectivity index (χ0v) is 20.9. The summed E-state index contributed by atoms with van der Waals surface area (Å²) in [5, 5.41) is 16.2. The molecule has 0 amide bonds. The van der Waals surface area contributed by atoms with E-state index >= 15 is 0 Å². The Morgan fingerprint density at radius 1 is 1.17 bits per heavy atom. The molecule has 0 radical (unpaired) electrons. The van der Waals surface area contributed by atoms with Crippen LogP contribution in [0.3, 0.4) is 0 Å². The maximum absolute atomic E-state index is 9.75. The monoisotopic (exact) mass is 473 g/mol. The number of hydrogen-bond donors (Lipinski definition) is 5. The third kappa shape index (κ3) is 7.97. The molecule has 0 saturated carbocycles. The molecule has 0 bridgehead atoms. The number of rotatable bonds is 9. The largest absolute Gasteiger partial charge is 0.508 e. The van der Waals surface area contributed by atoms with Gasteiger partial charge in [0.2, 0.25) is 0 Å². The highest BCUT2D eigenvalue weighted by molar-refractivity contribution is 6.03. The number of anilines is 1. The Morgan fingerprint density at radius 2 is 1.94 bits per heavy atom. The molecule has 184 valence electrons. The average molecular weight is 474 g/mol. The second kappa shape index (κ2) is 13.5. The van der Waals surface area contributed by atoms with Gasteiger partial charge in [-0.15, -0.1) is 0 Å². The normalized spacial score (nSPS) is 11.3. The van der Waals surface area contributed by atoms with E-state index in [-0.39, 0.29) is 5.75 Å². The van der Waals surface area contributed by atoms with Crippen molar-refractivity contribution in [1.29, 1.82) is 0 Å². The zero-order valence-electron chi connectivity index (χ0n) is 20.9. The van der Waals surface area contributed by atoms with Crippen molar-refractivity contribution in [3.63, 3.8) is 0 Å². The molecule has 0 saturated heterocycles. The zero-order chi connectivity index (χ0) is 25.8. The smallest absolute Gasteiger partial charge is 0.139 e. The van der Waals surface area contributed by atoms with Crippen LogP contribution in [-0.2, 0) is 0 Å². The van der Waals surface area contributed by atoms with E-state index in [0.29, 0.717) is 18.9 Å². The van der Waals surface area contributed by atoms with E-state index < -0.39 is 0 Å². The van der Waals surface area contributed by atoms with Gasteiger partial charge in [-0.3, -0.25) is 4.99 Å². The average Bonchev–Trinajstić information content (AvgIpc) is 3.29. The van der Waals surface area contributed by atoms with E-state index in [1.807, 2.05) is 45.2 Å². The molecule has 35 heavy (non-hydrogen) atoms. The van der Waals surface area contributed by atoms with E-state index in [2.05, 4.69) is 49.5 Å².